The summed E-state index contributed by atoms with van der Waals surface area (Å²) >= 11 is 19.4. The van der Waals surface area contributed by atoms with E-state index in [-0.39, 0.29) is 5.43 Å². The number of aryl methyl sites for hydroxylation is 1. The molecule has 29 heavy (non-hydrogen) atoms. The molecule has 0 radical (unpaired) electrons. The van der Waals surface area contributed by atoms with Gasteiger partial charge in [-0.05, 0) is 19.1 Å². The fraction of sp³-hybridized carbons (Fsp3) is 0.150. The minimum Gasteiger partial charge on any atom is -0.369 e. The van der Waals surface area contributed by atoms with Gasteiger partial charge in [0.25, 0.3) is 0 Å². The van der Waals surface area contributed by atoms with Crippen LogP contribution in [-0.2, 0) is 6.42 Å². The molecule has 0 saturated carbocycles. The normalized spacial score (nSPS) is 11.2. The average molecular weight is 449 g/mol. The molecule has 0 bridgehead atoms. The predicted molar refractivity (Wildman–Crippen MR) is 118 cm³/mol. The van der Waals surface area contributed by atoms with Gasteiger partial charge in [-0.25, -0.2) is 9.97 Å². The predicted octanol–water partition coefficient (Wildman–Crippen LogP) is 5.03. The second-order valence-corrected chi connectivity index (χ2v) is 7.69. The Morgan fingerprint density at radius 2 is 1.90 bits per heavy atom. The Hall–Kier alpha value is -2.54. The van der Waals surface area contributed by atoms with Gasteiger partial charge in [0.2, 0.25) is 0 Å². The number of fused-ring (bicyclic) bond motifs is 1. The zero-order valence-electron chi connectivity index (χ0n) is 15.3. The number of anilines is 1. The Balaban J connectivity index is 1.89. The zero-order chi connectivity index (χ0) is 20.5. The van der Waals surface area contributed by atoms with Crippen LogP contribution >= 0.6 is 34.8 Å². The molecule has 0 aliphatic heterocycles. The summed E-state index contributed by atoms with van der Waals surface area (Å²) in [6.45, 7) is 2.36. The lowest BCUT2D eigenvalue weighted by molar-refractivity contribution is 0.968. The van der Waals surface area contributed by atoms with Gasteiger partial charge in [-0.1, -0.05) is 40.9 Å². The number of benzene rings is 1. The van der Waals surface area contributed by atoms with Crippen LogP contribution in [0.5, 0.6) is 0 Å². The molecule has 0 aliphatic carbocycles. The molecule has 0 amide bonds. The monoisotopic (exact) mass is 447 g/mol. The van der Waals surface area contributed by atoms with Gasteiger partial charge >= 0.3 is 0 Å². The number of nitrogens with one attached hydrogen (secondary N) is 2. The number of imidazole rings is 1. The molecule has 0 saturated heterocycles. The number of aromatic nitrogens is 4. The number of pyridine rings is 2. The molecular formula is C20H16Cl3N5O. The fourth-order valence-electron chi connectivity index (χ4n) is 3.29. The van der Waals surface area contributed by atoms with Crippen molar-refractivity contribution < 1.29 is 0 Å². The molecule has 0 fully saturated rings. The van der Waals surface area contributed by atoms with Gasteiger partial charge in [-0.15, -0.1) is 0 Å². The number of aromatic amines is 1. The highest BCUT2D eigenvalue weighted by atomic mass is 35.5. The number of hydrogen-bond donors (Lipinski definition) is 2. The third kappa shape index (κ3) is 3.71. The summed E-state index contributed by atoms with van der Waals surface area (Å²) in [6.07, 6.45) is 5.64. The molecule has 0 aliphatic rings. The van der Waals surface area contributed by atoms with Gasteiger partial charge in [0.15, 0.2) is 5.43 Å². The first-order valence-electron chi connectivity index (χ1n) is 8.84. The van der Waals surface area contributed by atoms with Crippen molar-refractivity contribution in [1.29, 1.82) is 0 Å². The Labute approximate surface area is 181 Å². The quantitative estimate of drug-likeness (QED) is 0.449. The molecule has 3 aromatic heterocycles. The first-order valence-corrected chi connectivity index (χ1v) is 9.97. The third-order valence-electron chi connectivity index (χ3n) is 4.56. The van der Waals surface area contributed by atoms with Gasteiger partial charge in [0, 0.05) is 30.9 Å². The summed E-state index contributed by atoms with van der Waals surface area (Å²) in [5.74, 6) is 0.446. The van der Waals surface area contributed by atoms with E-state index in [0.29, 0.717) is 56.1 Å². The van der Waals surface area contributed by atoms with Crippen molar-refractivity contribution in [2.24, 2.45) is 0 Å². The molecule has 4 aromatic rings. The number of H-pyrrole nitrogens is 1. The number of nitrogens with zero attached hydrogens (tertiary/aromatic N) is 3. The molecule has 0 atom stereocenters. The van der Waals surface area contributed by atoms with E-state index < -0.39 is 0 Å². The Morgan fingerprint density at radius 1 is 1.14 bits per heavy atom. The zero-order valence-corrected chi connectivity index (χ0v) is 17.6. The van der Waals surface area contributed by atoms with Crippen molar-refractivity contribution in [2.45, 2.75) is 13.3 Å². The maximum Gasteiger partial charge on any atom is 0.193 e. The SMILES string of the molecule is Cc1cc(=O)c2c(NCCc3c[nH]cn3)ncc(Cl)c2n1-c1c(Cl)cccc1Cl. The summed E-state index contributed by atoms with van der Waals surface area (Å²) in [7, 11) is 0. The van der Waals surface area contributed by atoms with E-state index >= 15 is 0 Å². The summed E-state index contributed by atoms with van der Waals surface area (Å²) in [4.78, 5) is 24.3. The van der Waals surface area contributed by atoms with Crippen LogP contribution in [0.1, 0.15) is 11.4 Å². The van der Waals surface area contributed by atoms with E-state index in [0.717, 1.165) is 5.69 Å². The molecule has 1 aromatic carbocycles. The van der Waals surface area contributed by atoms with E-state index in [1.54, 1.807) is 29.1 Å². The summed E-state index contributed by atoms with van der Waals surface area (Å²) in [5.41, 5.74) is 2.45. The summed E-state index contributed by atoms with van der Waals surface area (Å²) in [5, 5.41) is 4.82. The number of hydrogen-bond acceptors (Lipinski definition) is 4. The van der Waals surface area contributed by atoms with Crippen molar-refractivity contribution in [3.8, 4) is 5.69 Å². The molecule has 6 nitrogen and oxygen atoms in total. The van der Waals surface area contributed by atoms with Gasteiger partial charge in [0.05, 0.1) is 49.9 Å². The molecule has 148 valence electrons. The first-order chi connectivity index (χ1) is 14.0. The molecule has 0 spiro atoms. The van der Waals surface area contributed by atoms with Gasteiger partial charge in [-0.3, -0.25) is 4.79 Å². The smallest absolute Gasteiger partial charge is 0.193 e. The molecule has 2 N–H and O–H groups in total. The standard InChI is InChI=1S/C20H16Cl3N5O/c1-11-7-16(29)17-19(28(11)18-13(21)3-2-4-14(18)22)15(23)9-26-20(17)25-6-5-12-8-24-10-27-12/h2-4,7-10H,5-6H2,1H3,(H,24,27)(H,25,26). The molecule has 9 heteroatoms. The Bertz CT molecular complexity index is 1230. The van der Waals surface area contributed by atoms with E-state index in [4.69, 9.17) is 34.8 Å². The van der Waals surface area contributed by atoms with Crippen LogP contribution in [0, 0.1) is 6.92 Å². The van der Waals surface area contributed by atoms with Crippen molar-refractivity contribution in [2.75, 3.05) is 11.9 Å². The Kier molecular flexibility index (Phi) is 5.50. The second-order valence-electron chi connectivity index (χ2n) is 6.47. The van der Waals surface area contributed by atoms with Gasteiger partial charge in [0.1, 0.15) is 5.82 Å². The lowest BCUT2D eigenvalue weighted by atomic mass is 10.1. The van der Waals surface area contributed by atoms with Crippen LogP contribution < -0.4 is 10.7 Å². The van der Waals surface area contributed by atoms with E-state index in [9.17, 15) is 4.79 Å². The van der Waals surface area contributed by atoms with Crippen LogP contribution in [0.3, 0.4) is 0 Å². The summed E-state index contributed by atoms with van der Waals surface area (Å²) in [6, 6.07) is 6.77. The Morgan fingerprint density at radius 3 is 2.59 bits per heavy atom. The van der Waals surface area contributed by atoms with Gasteiger partial charge in [-0.2, -0.15) is 0 Å². The maximum absolute atomic E-state index is 12.9. The summed E-state index contributed by atoms with van der Waals surface area (Å²) < 4.78 is 1.80. The topological polar surface area (TPSA) is 75.6 Å². The van der Waals surface area contributed by atoms with E-state index in [1.807, 2.05) is 13.1 Å². The van der Waals surface area contributed by atoms with Crippen molar-refractivity contribution in [1.82, 2.24) is 19.5 Å². The lowest BCUT2D eigenvalue weighted by Crippen LogP contribution is -2.16. The fourth-order valence-corrected chi connectivity index (χ4v) is 4.09. The van der Waals surface area contributed by atoms with Crippen molar-refractivity contribution in [3.63, 3.8) is 0 Å². The molecule has 4 rings (SSSR count). The number of para-hydroxylation sites is 1. The highest BCUT2D eigenvalue weighted by Gasteiger charge is 2.19. The largest absolute Gasteiger partial charge is 0.369 e. The molecule has 0 unspecified atom stereocenters. The van der Waals surface area contributed by atoms with E-state index in [2.05, 4.69) is 20.3 Å². The lowest BCUT2D eigenvalue weighted by Gasteiger charge is -2.19. The minimum absolute atomic E-state index is 0.186. The van der Waals surface area contributed by atoms with Crippen molar-refractivity contribution >= 4 is 51.5 Å². The molecule has 3 heterocycles. The van der Waals surface area contributed by atoms with Gasteiger partial charge < -0.3 is 14.9 Å². The van der Waals surface area contributed by atoms with E-state index in [1.165, 1.54) is 12.3 Å². The highest BCUT2D eigenvalue weighted by Crippen LogP contribution is 2.35. The maximum atomic E-state index is 12.9. The highest BCUT2D eigenvalue weighted by molar-refractivity contribution is 6.38. The average Bonchev–Trinajstić information content (AvgIpc) is 3.19. The van der Waals surface area contributed by atoms with Crippen LogP contribution in [-0.4, -0.2) is 26.1 Å². The van der Waals surface area contributed by atoms with Crippen LogP contribution in [0.15, 0.2) is 47.8 Å². The minimum atomic E-state index is -0.186. The van der Waals surface area contributed by atoms with Crippen molar-refractivity contribution in [3.05, 3.63) is 79.7 Å². The van der Waals surface area contributed by atoms with Crippen LogP contribution in [0.4, 0.5) is 5.82 Å². The first kappa shape index (κ1) is 19.8. The third-order valence-corrected chi connectivity index (χ3v) is 5.45. The number of halogens is 3. The molecular weight excluding hydrogens is 433 g/mol. The van der Waals surface area contributed by atoms with Crippen LogP contribution in [0.25, 0.3) is 16.6 Å². The van der Waals surface area contributed by atoms with Crippen LogP contribution in [0.2, 0.25) is 15.1 Å². The second kappa shape index (κ2) is 8.06. The number of rotatable bonds is 5.